The zero-order valence-corrected chi connectivity index (χ0v) is 20.2. The van der Waals surface area contributed by atoms with Crippen LogP contribution in [0.5, 0.6) is 0 Å². The van der Waals surface area contributed by atoms with Crippen LogP contribution in [-0.2, 0) is 9.53 Å². The molecule has 1 saturated heterocycles. The summed E-state index contributed by atoms with van der Waals surface area (Å²) in [7, 11) is 0. The van der Waals surface area contributed by atoms with Gasteiger partial charge in [0.15, 0.2) is 5.54 Å². The molecule has 32 heavy (non-hydrogen) atoms. The number of nitrogens with zero attached hydrogens (tertiary/aromatic N) is 4. The number of amides is 1. The molecule has 0 bridgehead atoms. The van der Waals surface area contributed by atoms with Crippen molar-refractivity contribution in [3.63, 3.8) is 0 Å². The summed E-state index contributed by atoms with van der Waals surface area (Å²) < 4.78 is 5.94. The van der Waals surface area contributed by atoms with Gasteiger partial charge in [0.1, 0.15) is 17.5 Å². The van der Waals surface area contributed by atoms with Gasteiger partial charge in [0.25, 0.3) is 0 Å². The molecule has 0 aliphatic carbocycles. The first-order valence-electron chi connectivity index (χ1n) is 9.66. The maximum absolute atomic E-state index is 12.6. The summed E-state index contributed by atoms with van der Waals surface area (Å²) >= 11 is 9.55. The predicted octanol–water partition coefficient (Wildman–Crippen LogP) is 4.46. The molecule has 2 heterocycles. The van der Waals surface area contributed by atoms with Crippen LogP contribution < -0.4 is 4.90 Å². The van der Waals surface area contributed by atoms with Crippen LogP contribution in [0, 0.1) is 10.1 Å². The highest BCUT2D eigenvalue weighted by Gasteiger charge is 2.48. The normalized spacial score (nSPS) is 19.2. The number of carboxylic acids is 1. The number of piperazine rings is 1. The Morgan fingerprint density at radius 2 is 2.00 bits per heavy atom. The molecule has 1 aromatic carbocycles. The van der Waals surface area contributed by atoms with Crippen LogP contribution >= 0.6 is 27.5 Å². The van der Waals surface area contributed by atoms with Gasteiger partial charge in [0.05, 0.1) is 22.0 Å². The molecule has 1 N–H and O–H groups in total. The predicted molar refractivity (Wildman–Crippen MR) is 122 cm³/mol. The van der Waals surface area contributed by atoms with E-state index in [9.17, 15) is 24.8 Å². The number of nitro groups is 1. The lowest BCUT2D eigenvalue weighted by Gasteiger charge is -2.47. The molecule has 1 aromatic heterocycles. The number of aromatic nitrogens is 1. The van der Waals surface area contributed by atoms with Gasteiger partial charge >= 0.3 is 17.7 Å². The van der Waals surface area contributed by atoms with E-state index in [0.717, 1.165) is 6.20 Å². The Morgan fingerprint density at radius 1 is 1.34 bits per heavy atom. The van der Waals surface area contributed by atoms with Crippen LogP contribution in [0.2, 0.25) is 5.02 Å². The largest absolute Gasteiger partial charge is 0.479 e. The molecule has 1 aliphatic heterocycles. The van der Waals surface area contributed by atoms with Crippen LogP contribution in [0.15, 0.2) is 22.8 Å². The first-order valence-corrected chi connectivity index (χ1v) is 10.8. The van der Waals surface area contributed by atoms with Crippen molar-refractivity contribution in [2.24, 2.45) is 0 Å². The van der Waals surface area contributed by atoms with Crippen LogP contribution in [0.1, 0.15) is 27.7 Å². The van der Waals surface area contributed by atoms with E-state index >= 15 is 0 Å². The third kappa shape index (κ3) is 4.44. The molecular weight excluding hydrogens is 508 g/mol. The minimum absolute atomic E-state index is 0.0235. The Balaban J connectivity index is 2.15. The van der Waals surface area contributed by atoms with E-state index in [1.54, 1.807) is 26.8 Å². The van der Waals surface area contributed by atoms with Crippen LogP contribution in [-0.4, -0.2) is 62.8 Å². The molecule has 0 spiro atoms. The van der Waals surface area contributed by atoms with Crippen molar-refractivity contribution >= 4 is 61.9 Å². The highest BCUT2D eigenvalue weighted by Crippen LogP contribution is 2.42. The summed E-state index contributed by atoms with van der Waals surface area (Å²) in [5.74, 6) is -1.24. The van der Waals surface area contributed by atoms with E-state index in [-0.39, 0.29) is 31.0 Å². The second-order valence-electron chi connectivity index (χ2n) is 8.67. The number of hydrogen-bond donors (Lipinski definition) is 1. The van der Waals surface area contributed by atoms with Gasteiger partial charge in [-0.15, -0.1) is 0 Å². The molecule has 2 aromatic rings. The van der Waals surface area contributed by atoms with Crippen LogP contribution in [0.25, 0.3) is 10.9 Å². The second kappa shape index (κ2) is 8.36. The van der Waals surface area contributed by atoms with Crippen molar-refractivity contribution in [3.05, 3.63) is 37.9 Å². The van der Waals surface area contributed by atoms with Crippen molar-refractivity contribution in [1.29, 1.82) is 0 Å². The molecule has 1 amide bonds. The fourth-order valence-corrected chi connectivity index (χ4v) is 4.10. The maximum Gasteiger partial charge on any atom is 0.410 e. The Hall–Kier alpha value is -2.66. The fourth-order valence-electron chi connectivity index (χ4n) is 3.61. The summed E-state index contributed by atoms with van der Waals surface area (Å²) in [5.41, 5.74) is -2.28. The van der Waals surface area contributed by atoms with Crippen LogP contribution in [0.4, 0.5) is 16.2 Å². The molecule has 1 atom stereocenters. The van der Waals surface area contributed by atoms with Crippen molar-refractivity contribution < 1.29 is 24.4 Å². The Labute approximate surface area is 197 Å². The van der Waals surface area contributed by atoms with E-state index < -0.39 is 28.1 Å². The van der Waals surface area contributed by atoms with Crippen molar-refractivity contribution in [2.75, 3.05) is 24.5 Å². The molecule has 1 aliphatic rings. The van der Waals surface area contributed by atoms with Gasteiger partial charge in [-0.3, -0.25) is 10.1 Å². The van der Waals surface area contributed by atoms with E-state index in [1.807, 2.05) is 0 Å². The smallest absolute Gasteiger partial charge is 0.410 e. The minimum atomic E-state index is -1.67. The van der Waals surface area contributed by atoms with E-state index in [2.05, 4.69) is 20.9 Å². The standard InChI is InChI=1S/C20H22BrClN4O6/c1-19(2,3)32-18(29)24-5-6-25(20(4,10-24)17(27)28)16-11-7-13(22)12(21)8-14(11)23-9-15(16)26(30)31/h7-9H,5-6,10H2,1-4H3,(H,27,28). The second-order valence-corrected chi connectivity index (χ2v) is 9.93. The van der Waals surface area contributed by atoms with Crippen LogP contribution in [0.3, 0.4) is 0 Å². The summed E-state index contributed by atoms with van der Waals surface area (Å²) in [6.45, 7) is 6.47. The number of fused-ring (bicyclic) bond motifs is 1. The fraction of sp³-hybridized carbons (Fsp3) is 0.450. The number of hydrogen-bond acceptors (Lipinski definition) is 7. The number of benzene rings is 1. The summed E-state index contributed by atoms with van der Waals surface area (Å²) in [6.07, 6.45) is 0.450. The lowest BCUT2D eigenvalue weighted by Crippen LogP contribution is -2.66. The summed E-state index contributed by atoms with van der Waals surface area (Å²) in [4.78, 5) is 43.1. The van der Waals surface area contributed by atoms with Gasteiger partial charge in [0, 0.05) is 22.9 Å². The topological polar surface area (TPSA) is 126 Å². The van der Waals surface area contributed by atoms with E-state index in [4.69, 9.17) is 16.3 Å². The lowest BCUT2D eigenvalue weighted by molar-refractivity contribution is -0.384. The highest BCUT2D eigenvalue weighted by atomic mass is 79.9. The van der Waals surface area contributed by atoms with Gasteiger partial charge < -0.3 is 19.6 Å². The number of carboxylic acid groups (broad SMARTS) is 1. The first-order chi connectivity index (χ1) is 14.7. The minimum Gasteiger partial charge on any atom is -0.479 e. The summed E-state index contributed by atoms with van der Waals surface area (Å²) in [5, 5.41) is 22.6. The van der Waals surface area contributed by atoms with Gasteiger partial charge in [-0.2, -0.15) is 0 Å². The Morgan fingerprint density at radius 3 is 2.56 bits per heavy atom. The number of ether oxygens (including phenoxy) is 1. The SMILES string of the molecule is CC(C)(C)OC(=O)N1CCN(c2c([N+](=O)[O-])cnc3cc(Br)c(Cl)cc23)C(C)(C(=O)O)C1. The number of carbonyl (C=O) groups is 2. The monoisotopic (exact) mass is 528 g/mol. The van der Waals surface area contributed by atoms with Gasteiger partial charge in [-0.1, -0.05) is 11.6 Å². The molecule has 10 nitrogen and oxygen atoms in total. The Bertz CT molecular complexity index is 1120. The molecular formula is C20H22BrClN4O6. The quantitative estimate of drug-likeness (QED) is 0.456. The van der Waals surface area contributed by atoms with Gasteiger partial charge in [-0.25, -0.2) is 14.6 Å². The number of halogens is 2. The zero-order chi connectivity index (χ0) is 24.0. The molecule has 0 radical (unpaired) electrons. The Kier molecular flexibility index (Phi) is 6.27. The summed E-state index contributed by atoms with van der Waals surface area (Å²) in [6, 6.07) is 3.12. The number of anilines is 1. The van der Waals surface area contributed by atoms with Crippen molar-refractivity contribution in [3.8, 4) is 0 Å². The average molecular weight is 530 g/mol. The maximum atomic E-state index is 12.6. The zero-order valence-electron chi connectivity index (χ0n) is 17.9. The lowest BCUT2D eigenvalue weighted by atomic mass is 9.94. The number of pyridine rings is 1. The van der Waals surface area contributed by atoms with Crippen molar-refractivity contribution in [1.82, 2.24) is 9.88 Å². The number of aliphatic carboxylic acids is 1. The molecule has 0 saturated carbocycles. The van der Waals surface area contributed by atoms with Gasteiger partial charge in [0.2, 0.25) is 0 Å². The number of carbonyl (C=O) groups excluding carboxylic acids is 1. The highest BCUT2D eigenvalue weighted by molar-refractivity contribution is 9.10. The molecule has 12 heteroatoms. The van der Waals surface area contributed by atoms with Crippen molar-refractivity contribution in [2.45, 2.75) is 38.8 Å². The van der Waals surface area contributed by atoms with Gasteiger partial charge in [-0.05, 0) is 55.8 Å². The third-order valence-corrected chi connectivity index (χ3v) is 6.33. The first kappa shape index (κ1) is 24.0. The average Bonchev–Trinajstić information content (AvgIpc) is 2.66. The third-order valence-electron chi connectivity index (χ3n) is 5.13. The number of rotatable bonds is 3. The van der Waals surface area contributed by atoms with E-state index in [0.29, 0.717) is 20.4 Å². The van der Waals surface area contributed by atoms with E-state index in [1.165, 1.54) is 22.8 Å². The molecule has 172 valence electrons. The molecule has 1 unspecified atom stereocenters. The molecule has 3 rings (SSSR count). The molecule has 1 fully saturated rings.